The fourth-order valence-corrected chi connectivity index (χ4v) is 3.94. The zero-order chi connectivity index (χ0) is 17.3. The molecule has 3 heteroatoms. The molecule has 0 saturated heterocycles. The summed E-state index contributed by atoms with van der Waals surface area (Å²) >= 11 is 0. The van der Waals surface area contributed by atoms with Crippen molar-refractivity contribution in [3.63, 3.8) is 0 Å². The van der Waals surface area contributed by atoms with Gasteiger partial charge in [0.15, 0.2) is 0 Å². The average Bonchev–Trinajstić information content (AvgIpc) is 3.38. The van der Waals surface area contributed by atoms with Gasteiger partial charge in [-0.05, 0) is 79.5 Å². The van der Waals surface area contributed by atoms with E-state index in [-0.39, 0.29) is 5.91 Å². The van der Waals surface area contributed by atoms with E-state index >= 15 is 0 Å². The minimum atomic E-state index is 0.168. The number of anilines is 1. The third-order valence-electron chi connectivity index (χ3n) is 5.36. The van der Waals surface area contributed by atoms with Gasteiger partial charge in [0.05, 0.1) is 0 Å². The summed E-state index contributed by atoms with van der Waals surface area (Å²) in [5.74, 6) is 2.81. The maximum atomic E-state index is 12.4. The van der Waals surface area contributed by atoms with Crippen molar-refractivity contribution in [2.75, 3.05) is 5.32 Å². The molecule has 2 saturated carbocycles. The number of nitrogens with two attached hydrogens (primary N) is 1. The van der Waals surface area contributed by atoms with Gasteiger partial charge in [-0.15, -0.1) is 0 Å². The summed E-state index contributed by atoms with van der Waals surface area (Å²) < 4.78 is 0. The molecule has 0 bridgehead atoms. The first-order chi connectivity index (χ1) is 11.5. The van der Waals surface area contributed by atoms with E-state index < -0.39 is 0 Å². The first kappa shape index (κ1) is 17.1. The molecular formula is C21H30N2O. The molecule has 24 heavy (non-hydrogen) atoms. The third-order valence-corrected chi connectivity index (χ3v) is 5.36. The first-order valence-corrected chi connectivity index (χ1v) is 9.32. The minimum Gasteiger partial charge on any atom is -0.402 e. The monoisotopic (exact) mass is 326 g/mol. The quantitative estimate of drug-likeness (QED) is 0.756. The zero-order valence-electron chi connectivity index (χ0n) is 15.1. The van der Waals surface area contributed by atoms with Crippen LogP contribution in [0.4, 0.5) is 5.69 Å². The highest BCUT2D eigenvalue weighted by atomic mass is 16.1. The van der Waals surface area contributed by atoms with Crippen LogP contribution in [0.1, 0.15) is 58.4 Å². The van der Waals surface area contributed by atoms with Crippen molar-refractivity contribution in [2.45, 2.75) is 52.9 Å². The van der Waals surface area contributed by atoms with Gasteiger partial charge < -0.3 is 11.1 Å². The van der Waals surface area contributed by atoms with E-state index in [1.54, 1.807) is 0 Å². The average molecular weight is 326 g/mol. The number of carbonyl (C=O) groups excluding carboxylic acids is 1. The van der Waals surface area contributed by atoms with Gasteiger partial charge in [0.2, 0.25) is 5.91 Å². The zero-order valence-corrected chi connectivity index (χ0v) is 15.1. The number of carbonyl (C=O) groups is 1. The molecule has 0 heterocycles. The summed E-state index contributed by atoms with van der Waals surface area (Å²) in [6, 6.07) is 8.09. The molecule has 0 aromatic heterocycles. The molecule has 3 N–H and O–H groups in total. The predicted octanol–water partition coefficient (Wildman–Crippen LogP) is 4.80. The lowest BCUT2D eigenvalue weighted by Gasteiger charge is -2.16. The summed E-state index contributed by atoms with van der Waals surface area (Å²) in [6.45, 7) is 6.25. The molecule has 0 aliphatic heterocycles. The van der Waals surface area contributed by atoms with Crippen molar-refractivity contribution >= 4 is 17.2 Å². The Morgan fingerprint density at radius 2 is 1.67 bits per heavy atom. The number of rotatable bonds is 7. The van der Waals surface area contributed by atoms with Gasteiger partial charge in [0.1, 0.15) is 0 Å². The van der Waals surface area contributed by atoms with Crippen LogP contribution >= 0.6 is 0 Å². The lowest BCUT2D eigenvalue weighted by molar-refractivity contribution is -0.117. The maximum absolute atomic E-state index is 12.4. The number of allylic oxidation sites excluding steroid dienone is 2. The van der Waals surface area contributed by atoms with Crippen LogP contribution in [-0.4, -0.2) is 5.91 Å². The molecule has 1 amide bonds. The lowest BCUT2D eigenvalue weighted by atomic mass is 9.93. The Morgan fingerprint density at radius 1 is 1.12 bits per heavy atom. The molecule has 130 valence electrons. The van der Waals surface area contributed by atoms with Gasteiger partial charge in [0.25, 0.3) is 0 Å². The van der Waals surface area contributed by atoms with Crippen LogP contribution in [0.25, 0.3) is 5.57 Å². The number of benzene rings is 1. The van der Waals surface area contributed by atoms with Crippen molar-refractivity contribution in [1.82, 2.24) is 0 Å². The minimum absolute atomic E-state index is 0.168. The molecule has 1 aromatic rings. The molecule has 2 aliphatic carbocycles. The SMILES string of the molecule is C/C(N)=C(\c1ccc(NC(=O)CC(C2CC2)C2CC2)cc1)C(C)C. The van der Waals surface area contributed by atoms with E-state index in [1.165, 1.54) is 31.3 Å². The number of amides is 1. The van der Waals surface area contributed by atoms with E-state index in [0.29, 0.717) is 18.3 Å². The second-order valence-electron chi connectivity index (χ2n) is 7.92. The van der Waals surface area contributed by atoms with Crippen LogP contribution in [0.2, 0.25) is 0 Å². The van der Waals surface area contributed by atoms with Crippen LogP contribution in [0.3, 0.4) is 0 Å². The van der Waals surface area contributed by atoms with Crippen LogP contribution in [-0.2, 0) is 4.79 Å². The number of nitrogens with one attached hydrogen (secondary N) is 1. The fourth-order valence-electron chi connectivity index (χ4n) is 3.94. The first-order valence-electron chi connectivity index (χ1n) is 9.32. The van der Waals surface area contributed by atoms with Gasteiger partial charge in [0, 0.05) is 17.8 Å². The second kappa shape index (κ2) is 7.00. The van der Waals surface area contributed by atoms with E-state index in [9.17, 15) is 4.79 Å². The van der Waals surface area contributed by atoms with Gasteiger partial charge in [-0.2, -0.15) is 0 Å². The Balaban J connectivity index is 1.61. The molecule has 0 atom stereocenters. The van der Waals surface area contributed by atoms with Crippen molar-refractivity contribution in [1.29, 1.82) is 0 Å². The molecule has 0 radical (unpaired) electrons. The lowest BCUT2D eigenvalue weighted by Crippen LogP contribution is -2.19. The molecule has 3 nitrogen and oxygen atoms in total. The topological polar surface area (TPSA) is 55.1 Å². The number of hydrogen-bond acceptors (Lipinski definition) is 2. The summed E-state index contributed by atoms with van der Waals surface area (Å²) in [4.78, 5) is 12.4. The summed E-state index contributed by atoms with van der Waals surface area (Å²) in [5, 5.41) is 3.08. The van der Waals surface area contributed by atoms with Gasteiger partial charge in [-0.3, -0.25) is 4.79 Å². The van der Waals surface area contributed by atoms with Crippen LogP contribution in [0, 0.1) is 23.7 Å². The summed E-state index contributed by atoms with van der Waals surface area (Å²) in [6.07, 6.45) is 5.99. The highest BCUT2D eigenvalue weighted by molar-refractivity contribution is 5.91. The maximum Gasteiger partial charge on any atom is 0.224 e. The van der Waals surface area contributed by atoms with Gasteiger partial charge in [-0.1, -0.05) is 26.0 Å². The standard InChI is InChI=1S/C21H30N2O/c1-13(2)21(14(3)22)17-8-10-18(11-9-17)23-20(24)12-19(15-4-5-15)16-6-7-16/h8-11,13,15-16,19H,4-7,12,22H2,1-3H3,(H,23,24)/b21-14+. The Hall–Kier alpha value is -1.77. The highest BCUT2D eigenvalue weighted by Gasteiger charge is 2.42. The predicted molar refractivity (Wildman–Crippen MR) is 100 cm³/mol. The fraction of sp³-hybridized carbons (Fsp3) is 0.571. The summed E-state index contributed by atoms with van der Waals surface area (Å²) in [7, 11) is 0. The van der Waals surface area contributed by atoms with Crippen LogP contribution in [0.15, 0.2) is 30.0 Å². The molecule has 0 unspecified atom stereocenters. The van der Waals surface area contributed by atoms with Crippen LogP contribution in [0.5, 0.6) is 0 Å². The molecule has 3 rings (SSSR count). The van der Waals surface area contributed by atoms with E-state index in [1.807, 2.05) is 19.1 Å². The Bertz CT molecular complexity index is 606. The van der Waals surface area contributed by atoms with E-state index in [0.717, 1.165) is 28.8 Å². The Labute approximate surface area is 145 Å². The van der Waals surface area contributed by atoms with Crippen molar-refractivity contribution in [2.24, 2.45) is 29.4 Å². The smallest absolute Gasteiger partial charge is 0.224 e. The third kappa shape index (κ3) is 4.19. The number of hydrogen-bond donors (Lipinski definition) is 2. The molecule has 1 aromatic carbocycles. The Morgan fingerprint density at radius 3 is 2.08 bits per heavy atom. The van der Waals surface area contributed by atoms with Gasteiger partial charge >= 0.3 is 0 Å². The largest absolute Gasteiger partial charge is 0.402 e. The van der Waals surface area contributed by atoms with Crippen LogP contribution < -0.4 is 11.1 Å². The normalized spacial score (nSPS) is 18.7. The molecular weight excluding hydrogens is 296 g/mol. The van der Waals surface area contributed by atoms with Crippen molar-refractivity contribution in [3.05, 3.63) is 35.5 Å². The van der Waals surface area contributed by atoms with E-state index in [4.69, 9.17) is 5.73 Å². The van der Waals surface area contributed by atoms with Gasteiger partial charge in [-0.25, -0.2) is 0 Å². The van der Waals surface area contributed by atoms with E-state index in [2.05, 4.69) is 31.3 Å². The molecule has 0 spiro atoms. The molecule has 2 fully saturated rings. The Kier molecular flexibility index (Phi) is 4.98. The molecule has 2 aliphatic rings. The van der Waals surface area contributed by atoms with Crippen molar-refractivity contribution < 1.29 is 4.79 Å². The second-order valence-corrected chi connectivity index (χ2v) is 7.92. The van der Waals surface area contributed by atoms with Crippen molar-refractivity contribution in [3.8, 4) is 0 Å². The highest BCUT2D eigenvalue weighted by Crippen LogP contribution is 2.50. The summed E-state index contributed by atoms with van der Waals surface area (Å²) in [5.41, 5.74) is 10.1.